The van der Waals surface area contributed by atoms with Crippen LogP contribution in [0.2, 0.25) is 0 Å². The van der Waals surface area contributed by atoms with Crippen LogP contribution < -0.4 is 16.0 Å². The summed E-state index contributed by atoms with van der Waals surface area (Å²) in [4.78, 5) is 30.1. The molecule has 1 aliphatic rings. The molecule has 0 unspecified atom stereocenters. The molecular weight excluding hydrogens is 415 g/mol. The average Bonchev–Trinajstić information content (AvgIpc) is 3.21. The second kappa shape index (κ2) is 11.7. The van der Waals surface area contributed by atoms with Crippen LogP contribution in [0.3, 0.4) is 0 Å². The van der Waals surface area contributed by atoms with Gasteiger partial charge in [0.15, 0.2) is 0 Å². The van der Waals surface area contributed by atoms with Gasteiger partial charge in [-0.15, -0.1) is 24.8 Å². The van der Waals surface area contributed by atoms with E-state index in [-0.39, 0.29) is 42.7 Å². The number of nitrogens with zero attached hydrogens (tertiary/aromatic N) is 2. The minimum Gasteiger partial charge on any atom is -0.364 e. The molecule has 2 atom stereocenters. The summed E-state index contributed by atoms with van der Waals surface area (Å²) in [7, 11) is 1.73. The molecule has 3 N–H and O–H groups in total. The third-order valence-electron chi connectivity index (χ3n) is 4.69. The van der Waals surface area contributed by atoms with Gasteiger partial charge in [0.2, 0.25) is 5.91 Å². The molecule has 1 saturated heterocycles. The Bertz CT molecular complexity index is 790. The maximum Gasteiger partial charge on any atom is 0.258 e. The monoisotopic (exact) mass is 440 g/mol. The van der Waals surface area contributed by atoms with Crippen LogP contribution in [-0.4, -0.2) is 42.6 Å². The lowest BCUT2D eigenvalue weighted by Gasteiger charge is -2.18. The number of carbonyl (C=O) groups is 2. The molecular formula is C20H26Cl2N4O3. The van der Waals surface area contributed by atoms with E-state index in [1.165, 1.54) is 0 Å². The second-order valence-electron chi connectivity index (χ2n) is 6.54. The number of carbonyl (C=O) groups excluding carboxylic acids is 2. The maximum atomic E-state index is 12.5. The molecule has 158 valence electrons. The quantitative estimate of drug-likeness (QED) is 0.717. The molecule has 0 saturated carbocycles. The van der Waals surface area contributed by atoms with Crippen LogP contribution in [0.5, 0.6) is 0 Å². The van der Waals surface area contributed by atoms with Crippen LogP contribution >= 0.6 is 24.8 Å². The van der Waals surface area contributed by atoms with Crippen molar-refractivity contribution in [3.05, 3.63) is 59.9 Å². The summed E-state index contributed by atoms with van der Waals surface area (Å²) in [5.41, 5.74) is 7.87. The van der Waals surface area contributed by atoms with Gasteiger partial charge in [0.05, 0.1) is 6.10 Å². The number of nitrogens with one attached hydrogen (secondary N) is 1. The van der Waals surface area contributed by atoms with Crippen molar-refractivity contribution in [3.63, 3.8) is 0 Å². The highest BCUT2D eigenvalue weighted by atomic mass is 35.5. The van der Waals surface area contributed by atoms with Gasteiger partial charge < -0.3 is 20.7 Å². The number of aromatic nitrogens is 1. The number of hydrogen-bond acceptors (Lipinski definition) is 5. The minimum atomic E-state index is -0.415. The van der Waals surface area contributed by atoms with Crippen molar-refractivity contribution in [3.8, 4) is 0 Å². The van der Waals surface area contributed by atoms with Gasteiger partial charge in [-0.3, -0.25) is 14.6 Å². The first kappa shape index (κ1) is 24.8. The molecule has 0 radical (unpaired) electrons. The lowest BCUT2D eigenvalue weighted by Crippen LogP contribution is -2.35. The van der Waals surface area contributed by atoms with Crippen LogP contribution in [0.15, 0.2) is 48.8 Å². The number of hydrogen-bond donors (Lipinski definition) is 2. The molecule has 0 bridgehead atoms. The van der Waals surface area contributed by atoms with E-state index in [1.54, 1.807) is 36.5 Å². The van der Waals surface area contributed by atoms with Crippen molar-refractivity contribution in [1.29, 1.82) is 0 Å². The second-order valence-corrected chi connectivity index (χ2v) is 6.54. The Kier molecular flexibility index (Phi) is 10.0. The number of halogens is 2. The lowest BCUT2D eigenvalue weighted by atomic mass is 10.1. The third kappa shape index (κ3) is 6.40. The van der Waals surface area contributed by atoms with E-state index in [4.69, 9.17) is 10.5 Å². The van der Waals surface area contributed by atoms with E-state index < -0.39 is 6.10 Å². The lowest BCUT2D eigenvalue weighted by molar-refractivity contribution is -0.132. The molecule has 1 aliphatic heterocycles. The summed E-state index contributed by atoms with van der Waals surface area (Å²) in [5, 5.41) is 2.89. The fourth-order valence-corrected chi connectivity index (χ4v) is 3.02. The number of rotatable bonds is 6. The minimum absolute atomic E-state index is 0. The fraction of sp³-hybridized carbons (Fsp3) is 0.350. The van der Waals surface area contributed by atoms with E-state index in [2.05, 4.69) is 10.3 Å². The van der Waals surface area contributed by atoms with E-state index in [0.29, 0.717) is 25.1 Å². The molecule has 0 spiro atoms. The zero-order chi connectivity index (χ0) is 19.2. The SMILES string of the molecule is CN(C(=O)c1ccncc1)c1ccc(CNC(=O)[C@@H]2CC[C@H](CN)O2)cc1.Cl.Cl. The van der Waals surface area contributed by atoms with E-state index in [0.717, 1.165) is 17.7 Å². The van der Waals surface area contributed by atoms with Crippen molar-refractivity contribution in [2.75, 3.05) is 18.5 Å². The smallest absolute Gasteiger partial charge is 0.258 e. The first-order valence-corrected chi connectivity index (χ1v) is 8.98. The van der Waals surface area contributed by atoms with Gasteiger partial charge in [0, 0.05) is 43.8 Å². The van der Waals surface area contributed by atoms with Gasteiger partial charge in [-0.25, -0.2) is 0 Å². The fourth-order valence-electron chi connectivity index (χ4n) is 3.02. The zero-order valence-corrected chi connectivity index (χ0v) is 17.7. The molecule has 1 aromatic carbocycles. The topological polar surface area (TPSA) is 97.6 Å². The van der Waals surface area contributed by atoms with Crippen molar-refractivity contribution in [2.45, 2.75) is 31.6 Å². The van der Waals surface area contributed by atoms with Gasteiger partial charge in [0.25, 0.3) is 5.91 Å². The van der Waals surface area contributed by atoms with Crippen LogP contribution in [0.1, 0.15) is 28.8 Å². The van der Waals surface area contributed by atoms with Crippen LogP contribution in [-0.2, 0) is 16.1 Å². The summed E-state index contributed by atoms with van der Waals surface area (Å²) >= 11 is 0. The summed E-state index contributed by atoms with van der Waals surface area (Å²) in [6, 6.07) is 10.9. The van der Waals surface area contributed by atoms with Crippen molar-refractivity contribution < 1.29 is 14.3 Å². The summed E-state index contributed by atoms with van der Waals surface area (Å²) in [6.45, 7) is 0.852. The van der Waals surface area contributed by atoms with Gasteiger partial charge in [0.1, 0.15) is 6.10 Å². The first-order valence-electron chi connectivity index (χ1n) is 8.98. The Morgan fingerprint density at radius 3 is 2.38 bits per heavy atom. The maximum absolute atomic E-state index is 12.5. The molecule has 29 heavy (non-hydrogen) atoms. The summed E-state index contributed by atoms with van der Waals surface area (Å²) in [5.74, 6) is -0.216. The van der Waals surface area contributed by atoms with Crippen LogP contribution in [0.25, 0.3) is 0 Å². The van der Waals surface area contributed by atoms with Gasteiger partial charge >= 0.3 is 0 Å². The van der Waals surface area contributed by atoms with Crippen molar-refractivity contribution in [1.82, 2.24) is 10.3 Å². The Balaban J connectivity index is 0.00000210. The average molecular weight is 441 g/mol. The van der Waals surface area contributed by atoms with Crippen molar-refractivity contribution >= 4 is 42.3 Å². The number of nitrogens with two attached hydrogens (primary N) is 1. The molecule has 3 rings (SSSR count). The normalized spacial score (nSPS) is 17.6. The Labute approximate surface area is 182 Å². The zero-order valence-electron chi connectivity index (χ0n) is 16.1. The number of amides is 2. The Hall–Kier alpha value is -2.19. The van der Waals surface area contributed by atoms with Gasteiger partial charge in [-0.05, 0) is 42.7 Å². The molecule has 0 aliphatic carbocycles. The molecule has 9 heteroatoms. The molecule has 7 nitrogen and oxygen atoms in total. The standard InChI is InChI=1S/C20H24N4O3.2ClH/c1-24(20(26)15-8-10-22-11-9-15)16-4-2-14(3-5-16)13-23-19(25)18-7-6-17(12-21)27-18;;/h2-5,8-11,17-18H,6-7,12-13,21H2,1H3,(H,23,25);2*1H/t17-,18+;;/m1../s1. The largest absolute Gasteiger partial charge is 0.364 e. The first-order chi connectivity index (χ1) is 13.1. The molecule has 1 aromatic heterocycles. The van der Waals surface area contributed by atoms with E-state index >= 15 is 0 Å². The van der Waals surface area contributed by atoms with Gasteiger partial charge in [-0.1, -0.05) is 12.1 Å². The van der Waals surface area contributed by atoms with Gasteiger partial charge in [-0.2, -0.15) is 0 Å². The van der Waals surface area contributed by atoms with Crippen LogP contribution in [0.4, 0.5) is 5.69 Å². The molecule has 1 fully saturated rings. The summed E-state index contributed by atoms with van der Waals surface area (Å²) in [6.07, 6.45) is 4.28. The predicted octanol–water partition coefficient (Wildman–Crippen LogP) is 2.32. The highest BCUT2D eigenvalue weighted by Gasteiger charge is 2.29. The third-order valence-corrected chi connectivity index (χ3v) is 4.69. The number of anilines is 1. The number of ether oxygens (including phenoxy) is 1. The summed E-state index contributed by atoms with van der Waals surface area (Å²) < 4.78 is 5.59. The van der Waals surface area contributed by atoms with Crippen LogP contribution in [0, 0.1) is 0 Å². The Morgan fingerprint density at radius 1 is 1.14 bits per heavy atom. The van der Waals surface area contributed by atoms with E-state index in [9.17, 15) is 9.59 Å². The highest BCUT2D eigenvalue weighted by Crippen LogP contribution is 2.19. The van der Waals surface area contributed by atoms with Crippen molar-refractivity contribution in [2.24, 2.45) is 5.73 Å². The molecule has 2 aromatic rings. The van der Waals surface area contributed by atoms with E-state index in [1.807, 2.05) is 24.3 Å². The molecule has 2 heterocycles. The predicted molar refractivity (Wildman–Crippen MR) is 117 cm³/mol. The molecule has 2 amide bonds. The number of pyridine rings is 1. The Morgan fingerprint density at radius 2 is 1.79 bits per heavy atom. The highest BCUT2D eigenvalue weighted by molar-refractivity contribution is 6.05. The number of benzene rings is 1.